The molecule has 0 bridgehead atoms. The van der Waals surface area contributed by atoms with E-state index < -0.39 is 0 Å². The molecule has 0 aromatic heterocycles. The third-order valence-electron chi connectivity index (χ3n) is 2.05. The van der Waals surface area contributed by atoms with Crippen molar-refractivity contribution in [3.05, 3.63) is 34.9 Å². The molecule has 1 N–H and O–H groups in total. The maximum atomic E-state index is 6.00. The van der Waals surface area contributed by atoms with Gasteiger partial charge in [0, 0.05) is 0 Å². The summed E-state index contributed by atoms with van der Waals surface area (Å²) in [5, 5.41) is 3.73. The highest BCUT2D eigenvalue weighted by atomic mass is 35.5. The van der Waals surface area contributed by atoms with Crippen LogP contribution in [0.15, 0.2) is 24.3 Å². The van der Waals surface area contributed by atoms with Gasteiger partial charge in [0.1, 0.15) is 5.75 Å². The van der Waals surface area contributed by atoms with E-state index in [1.54, 1.807) is 7.11 Å². The van der Waals surface area contributed by atoms with Gasteiger partial charge in [-0.3, -0.25) is 0 Å². The molecular formula is C12H16ClNO. The van der Waals surface area contributed by atoms with Crippen molar-refractivity contribution in [1.29, 1.82) is 0 Å². The summed E-state index contributed by atoms with van der Waals surface area (Å²) in [7, 11) is 3.56. The summed E-state index contributed by atoms with van der Waals surface area (Å²) < 4.78 is 5.08. The van der Waals surface area contributed by atoms with Crippen LogP contribution in [-0.4, -0.2) is 20.7 Å². The number of nitrogens with one attached hydrogen (secondary N) is 1. The summed E-state index contributed by atoms with van der Waals surface area (Å²) in [6, 6.07) is 5.76. The number of methoxy groups -OCH3 is 1. The second-order valence-corrected chi connectivity index (χ2v) is 3.60. The molecule has 15 heavy (non-hydrogen) atoms. The van der Waals surface area contributed by atoms with E-state index in [9.17, 15) is 0 Å². The Morgan fingerprint density at radius 2 is 2.27 bits per heavy atom. The van der Waals surface area contributed by atoms with E-state index in [-0.39, 0.29) is 0 Å². The molecule has 82 valence electrons. The van der Waals surface area contributed by atoms with Crippen LogP contribution in [0.4, 0.5) is 0 Å². The number of ether oxygens (including phenoxy) is 1. The summed E-state index contributed by atoms with van der Waals surface area (Å²) in [4.78, 5) is 0. The Hall–Kier alpha value is -0.990. The van der Waals surface area contributed by atoms with E-state index in [4.69, 9.17) is 16.3 Å². The van der Waals surface area contributed by atoms with Gasteiger partial charge in [0.2, 0.25) is 0 Å². The Labute approximate surface area is 95.9 Å². The van der Waals surface area contributed by atoms with Gasteiger partial charge >= 0.3 is 0 Å². The Kier molecular flexibility index (Phi) is 5.22. The van der Waals surface area contributed by atoms with Crippen molar-refractivity contribution in [3.63, 3.8) is 0 Å². The number of hydrogen-bond donors (Lipinski definition) is 1. The van der Waals surface area contributed by atoms with Crippen LogP contribution in [0.5, 0.6) is 5.75 Å². The topological polar surface area (TPSA) is 21.3 Å². The average Bonchev–Trinajstić information content (AvgIpc) is 2.25. The van der Waals surface area contributed by atoms with E-state index in [0.717, 1.165) is 18.5 Å². The molecule has 0 aliphatic heterocycles. The first-order chi connectivity index (χ1) is 7.27. The number of benzene rings is 1. The molecule has 0 spiro atoms. The molecule has 0 unspecified atom stereocenters. The fourth-order valence-electron chi connectivity index (χ4n) is 1.23. The van der Waals surface area contributed by atoms with Gasteiger partial charge in [-0.2, -0.15) is 0 Å². The standard InChI is InChI=1S/C12H16ClNO/c1-14-8-4-3-5-10-6-7-12(15-2)11(13)9-10/h3,5-7,9,14H,4,8H2,1-2H3. The van der Waals surface area contributed by atoms with E-state index in [0.29, 0.717) is 10.8 Å². The van der Waals surface area contributed by atoms with Crippen LogP contribution in [0.2, 0.25) is 5.02 Å². The second kappa shape index (κ2) is 6.49. The molecule has 0 heterocycles. The molecule has 3 heteroatoms. The molecular weight excluding hydrogens is 210 g/mol. The summed E-state index contributed by atoms with van der Waals surface area (Å²) in [6.45, 7) is 0.986. The largest absolute Gasteiger partial charge is 0.495 e. The summed E-state index contributed by atoms with van der Waals surface area (Å²) in [5.41, 5.74) is 1.09. The summed E-state index contributed by atoms with van der Waals surface area (Å²) in [6.07, 6.45) is 5.19. The highest BCUT2D eigenvalue weighted by Gasteiger charge is 1.98. The number of halogens is 1. The van der Waals surface area contributed by atoms with Gasteiger partial charge in [-0.05, 0) is 37.7 Å². The molecule has 0 fully saturated rings. The predicted molar refractivity (Wildman–Crippen MR) is 65.6 cm³/mol. The van der Waals surface area contributed by atoms with Gasteiger partial charge in [-0.1, -0.05) is 29.8 Å². The number of rotatable bonds is 5. The minimum atomic E-state index is 0.647. The summed E-state index contributed by atoms with van der Waals surface area (Å²) in [5.74, 6) is 0.712. The van der Waals surface area contributed by atoms with Crippen LogP contribution in [0.1, 0.15) is 12.0 Å². The zero-order valence-corrected chi connectivity index (χ0v) is 9.84. The smallest absolute Gasteiger partial charge is 0.137 e. The maximum Gasteiger partial charge on any atom is 0.137 e. The van der Waals surface area contributed by atoms with Gasteiger partial charge in [-0.15, -0.1) is 0 Å². The van der Waals surface area contributed by atoms with Crippen LogP contribution in [0.3, 0.4) is 0 Å². The molecule has 0 aliphatic carbocycles. The van der Waals surface area contributed by atoms with E-state index in [1.165, 1.54) is 0 Å². The highest BCUT2D eigenvalue weighted by molar-refractivity contribution is 6.32. The van der Waals surface area contributed by atoms with Gasteiger partial charge in [0.15, 0.2) is 0 Å². The van der Waals surface area contributed by atoms with Gasteiger partial charge < -0.3 is 10.1 Å². The molecule has 0 radical (unpaired) electrons. The van der Waals surface area contributed by atoms with Crippen molar-refractivity contribution in [2.75, 3.05) is 20.7 Å². The summed E-state index contributed by atoms with van der Waals surface area (Å²) >= 11 is 6.00. The van der Waals surface area contributed by atoms with Crippen LogP contribution in [0, 0.1) is 0 Å². The lowest BCUT2D eigenvalue weighted by atomic mass is 10.2. The van der Waals surface area contributed by atoms with E-state index in [2.05, 4.69) is 17.5 Å². The lowest BCUT2D eigenvalue weighted by Gasteiger charge is -2.02. The molecule has 0 aliphatic rings. The predicted octanol–water partition coefficient (Wildman–Crippen LogP) is 2.97. The first-order valence-electron chi connectivity index (χ1n) is 4.92. The molecule has 0 atom stereocenters. The monoisotopic (exact) mass is 225 g/mol. The Balaban J connectivity index is 2.63. The normalized spacial score (nSPS) is 10.9. The Bertz CT molecular complexity index is 336. The second-order valence-electron chi connectivity index (χ2n) is 3.19. The van der Waals surface area contributed by atoms with Crippen LogP contribution < -0.4 is 10.1 Å². The van der Waals surface area contributed by atoms with Crippen LogP contribution in [0.25, 0.3) is 6.08 Å². The van der Waals surface area contributed by atoms with Crippen molar-refractivity contribution in [2.24, 2.45) is 0 Å². The molecule has 1 aromatic carbocycles. The van der Waals surface area contributed by atoms with Crippen molar-refractivity contribution in [3.8, 4) is 5.75 Å². The Morgan fingerprint density at radius 1 is 1.47 bits per heavy atom. The lowest BCUT2D eigenvalue weighted by Crippen LogP contribution is -2.05. The van der Waals surface area contributed by atoms with Crippen LogP contribution in [-0.2, 0) is 0 Å². The van der Waals surface area contributed by atoms with Crippen LogP contribution >= 0.6 is 11.6 Å². The SMILES string of the molecule is CNCCC=Cc1ccc(OC)c(Cl)c1. The Morgan fingerprint density at radius 3 is 2.87 bits per heavy atom. The quantitative estimate of drug-likeness (QED) is 0.778. The van der Waals surface area contributed by atoms with Crippen molar-refractivity contribution < 1.29 is 4.74 Å². The third-order valence-corrected chi connectivity index (χ3v) is 2.34. The van der Waals surface area contributed by atoms with Crippen molar-refractivity contribution >= 4 is 17.7 Å². The maximum absolute atomic E-state index is 6.00. The fourth-order valence-corrected chi connectivity index (χ4v) is 1.50. The minimum absolute atomic E-state index is 0.647. The minimum Gasteiger partial charge on any atom is -0.495 e. The van der Waals surface area contributed by atoms with Crippen molar-refractivity contribution in [2.45, 2.75) is 6.42 Å². The zero-order chi connectivity index (χ0) is 11.1. The van der Waals surface area contributed by atoms with Crippen molar-refractivity contribution in [1.82, 2.24) is 5.32 Å². The first-order valence-corrected chi connectivity index (χ1v) is 5.30. The lowest BCUT2D eigenvalue weighted by molar-refractivity contribution is 0.415. The van der Waals surface area contributed by atoms with E-state index in [1.807, 2.05) is 25.2 Å². The average molecular weight is 226 g/mol. The molecule has 0 amide bonds. The van der Waals surface area contributed by atoms with Gasteiger partial charge in [-0.25, -0.2) is 0 Å². The fraction of sp³-hybridized carbons (Fsp3) is 0.333. The molecule has 1 rings (SSSR count). The van der Waals surface area contributed by atoms with Gasteiger partial charge in [0.05, 0.1) is 12.1 Å². The zero-order valence-electron chi connectivity index (χ0n) is 9.09. The molecule has 2 nitrogen and oxygen atoms in total. The first kappa shape index (κ1) is 12.1. The molecule has 1 aromatic rings. The molecule has 0 saturated carbocycles. The number of hydrogen-bond acceptors (Lipinski definition) is 2. The molecule has 0 saturated heterocycles. The van der Waals surface area contributed by atoms with E-state index >= 15 is 0 Å². The highest BCUT2D eigenvalue weighted by Crippen LogP contribution is 2.25. The van der Waals surface area contributed by atoms with Gasteiger partial charge in [0.25, 0.3) is 0 Å². The third kappa shape index (κ3) is 3.94.